The van der Waals surface area contributed by atoms with Gasteiger partial charge in [-0.2, -0.15) is 0 Å². The van der Waals surface area contributed by atoms with E-state index in [2.05, 4.69) is 20.8 Å². The molecule has 3 aromatic rings. The standard InChI is InChI=1S/C21H20N6O4/c1-13(28)14-7-8-18(31-3)15(9-14)11-26-19(29)21(2,23-20(26)30)16-5-4-6-17(10-16)27-12-22-24-25-27/h4-10,12H,11H2,1-3H3,(H,23,30). The third kappa shape index (κ3) is 3.52. The van der Waals surface area contributed by atoms with Crippen molar-refractivity contribution in [2.45, 2.75) is 25.9 Å². The molecule has 10 heteroatoms. The molecule has 31 heavy (non-hydrogen) atoms. The monoisotopic (exact) mass is 420 g/mol. The van der Waals surface area contributed by atoms with Gasteiger partial charge < -0.3 is 10.1 Å². The van der Waals surface area contributed by atoms with Crippen LogP contribution in [0.3, 0.4) is 0 Å². The summed E-state index contributed by atoms with van der Waals surface area (Å²) in [5, 5.41) is 13.9. The molecule has 1 fully saturated rings. The molecule has 2 heterocycles. The summed E-state index contributed by atoms with van der Waals surface area (Å²) in [5.41, 5.74) is 1.00. The number of Topliss-reactive ketones (excluding diaryl/α,β-unsaturated/α-hetero) is 1. The molecule has 0 bridgehead atoms. The fourth-order valence-electron chi connectivity index (χ4n) is 3.57. The summed E-state index contributed by atoms with van der Waals surface area (Å²) in [6, 6.07) is 11.5. The number of benzene rings is 2. The zero-order valence-corrected chi connectivity index (χ0v) is 17.2. The SMILES string of the molecule is COc1ccc(C(C)=O)cc1CN1C(=O)NC(C)(c2cccc(-n3cnnn3)c2)C1=O. The number of tetrazole rings is 1. The van der Waals surface area contributed by atoms with E-state index < -0.39 is 17.5 Å². The van der Waals surface area contributed by atoms with E-state index in [1.54, 1.807) is 49.4 Å². The highest BCUT2D eigenvalue weighted by molar-refractivity contribution is 6.07. The second-order valence-electron chi connectivity index (χ2n) is 7.33. The van der Waals surface area contributed by atoms with E-state index in [1.807, 2.05) is 0 Å². The zero-order valence-electron chi connectivity index (χ0n) is 17.2. The van der Waals surface area contributed by atoms with Crippen LogP contribution in [0.25, 0.3) is 5.69 Å². The lowest BCUT2D eigenvalue weighted by atomic mass is 9.91. The Kier molecular flexibility index (Phi) is 4.97. The predicted molar refractivity (Wildman–Crippen MR) is 109 cm³/mol. The Morgan fingerprint density at radius 3 is 2.68 bits per heavy atom. The van der Waals surface area contributed by atoms with Gasteiger partial charge in [0.25, 0.3) is 5.91 Å². The zero-order chi connectivity index (χ0) is 22.2. The molecule has 0 aliphatic carbocycles. The van der Waals surface area contributed by atoms with Crippen molar-refractivity contribution < 1.29 is 19.1 Å². The number of hydrogen-bond donors (Lipinski definition) is 1. The van der Waals surface area contributed by atoms with E-state index >= 15 is 0 Å². The largest absolute Gasteiger partial charge is 0.496 e. The summed E-state index contributed by atoms with van der Waals surface area (Å²) in [4.78, 5) is 39.0. The minimum absolute atomic E-state index is 0.0305. The minimum Gasteiger partial charge on any atom is -0.496 e. The van der Waals surface area contributed by atoms with E-state index in [9.17, 15) is 14.4 Å². The van der Waals surface area contributed by atoms with Gasteiger partial charge in [0.2, 0.25) is 0 Å². The fourth-order valence-corrected chi connectivity index (χ4v) is 3.57. The van der Waals surface area contributed by atoms with Gasteiger partial charge in [-0.1, -0.05) is 12.1 Å². The van der Waals surface area contributed by atoms with Crippen molar-refractivity contribution in [1.82, 2.24) is 30.4 Å². The van der Waals surface area contributed by atoms with Crippen LogP contribution in [-0.2, 0) is 16.9 Å². The first kappa shape index (κ1) is 20.2. The van der Waals surface area contributed by atoms with Gasteiger partial charge in [-0.05, 0) is 60.2 Å². The molecule has 1 unspecified atom stereocenters. The third-order valence-corrected chi connectivity index (χ3v) is 5.33. The number of aromatic nitrogens is 4. The lowest BCUT2D eigenvalue weighted by Gasteiger charge is -2.23. The molecule has 2 aromatic carbocycles. The van der Waals surface area contributed by atoms with Crippen molar-refractivity contribution in [1.29, 1.82) is 0 Å². The van der Waals surface area contributed by atoms with Gasteiger partial charge >= 0.3 is 6.03 Å². The van der Waals surface area contributed by atoms with Gasteiger partial charge in [0.05, 0.1) is 19.3 Å². The topological polar surface area (TPSA) is 119 Å². The first-order valence-corrected chi connectivity index (χ1v) is 9.49. The number of hydrogen-bond acceptors (Lipinski definition) is 7. The molecule has 158 valence electrons. The van der Waals surface area contributed by atoms with Crippen LogP contribution in [0, 0.1) is 0 Å². The molecular formula is C21H20N6O4. The van der Waals surface area contributed by atoms with Crippen LogP contribution in [0.5, 0.6) is 5.75 Å². The molecule has 1 N–H and O–H groups in total. The Hall–Kier alpha value is -4.08. The van der Waals surface area contributed by atoms with Gasteiger partial charge in [-0.15, -0.1) is 5.10 Å². The smallest absolute Gasteiger partial charge is 0.325 e. The second-order valence-corrected chi connectivity index (χ2v) is 7.33. The normalized spacial score (nSPS) is 18.2. The highest BCUT2D eigenvalue weighted by atomic mass is 16.5. The molecule has 1 atom stereocenters. The van der Waals surface area contributed by atoms with E-state index in [-0.39, 0.29) is 12.3 Å². The van der Waals surface area contributed by atoms with Crippen molar-refractivity contribution in [2.75, 3.05) is 7.11 Å². The van der Waals surface area contributed by atoms with Crippen LogP contribution < -0.4 is 10.1 Å². The summed E-state index contributed by atoms with van der Waals surface area (Å²) < 4.78 is 6.81. The maximum Gasteiger partial charge on any atom is 0.325 e. The predicted octanol–water partition coefficient (Wildman–Crippen LogP) is 1.84. The van der Waals surface area contributed by atoms with Crippen molar-refractivity contribution in [3.8, 4) is 11.4 Å². The molecule has 1 aliphatic heterocycles. The van der Waals surface area contributed by atoms with Crippen molar-refractivity contribution in [3.63, 3.8) is 0 Å². The molecule has 3 amide bonds. The highest BCUT2D eigenvalue weighted by Gasteiger charge is 2.49. The lowest BCUT2D eigenvalue weighted by Crippen LogP contribution is -2.40. The average Bonchev–Trinajstić information content (AvgIpc) is 3.38. The summed E-state index contributed by atoms with van der Waals surface area (Å²) >= 11 is 0. The number of ketones is 1. The summed E-state index contributed by atoms with van der Waals surface area (Å²) in [5.74, 6) is -0.0492. The molecule has 1 aromatic heterocycles. The third-order valence-electron chi connectivity index (χ3n) is 5.33. The van der Waals surface area contributed by atoms with E-state index in [0.717, 1.165) is 4.90 Å². The Morgan fingerprint density at radius 2 is 2.00 bits per heavy atom. The molecule has 1 aliphatic rings. The summed E-state index contributed by atoms with van der Waals surface area (Å²) in [6.07, 6.45) is 1.44. The Morgan fingerprint density at radius 1 is 1.19 bits per heavy atom. The van der Waals surface area contributed by atoms with Crippen LogP contribution in [0.2, 0.25) is 0 Å². The van der Waals surface area contributed by atoms with Gasteiger partial charge in [-0.25, -0.2) is 9.48 Å². The molecule has 10 nitrogen and oxygen atoms in total. The fraction of sp³-hybridized carbons (Fsp3) is 0.238. The quantitative estimate of drug-likeness (QED) is 0.477. The number of carbonyl (C=O) groups is 3. The van der Waals surface area contributed by atoms with Gasteiger partial charge in [0, 0.05) is 11.1 Å². The number of nitrogens with one attached hydrogen (secondary N) is 1. The minimum atomic E-state index is -1.27. The number of carbonyl (C=O) groups excluding carboxylic acids is 3. The summed E-state index contributed by atoms with van der Waals surface area (Å²) in [7, 11) is 1.49. The first-order chi connectivity index (χ1) is 14.8. The Balaban J connectivity index is 1.66. The Bertz CT molecular complexity index is 1180. The molecule has 0 spiro atoms. The number of amides is 3. The molecule has 0 radical (unpaired) electrons. The number of urea groups is 1. The van der Waals surface area contributed by atoms with Crippen LogP contribution in [-0.4, -0.2) is 49.9 Å². The van der Waals surface area contributed by atoms with Crippen molar-refractivity contribution >= 4 is 17.7 Å². The number of ether oxygens (including phenoxy) is 1. The summed E-state index contributed by atoms with van der Waals surface area (Å²) in [6.45, 7) is 3.07. The van der Waals surface area contributed by atoms with Gasteiger partial charge in [0.15, 0.2) is 5.78 Å². The molecular weight excluding hydrogens is 400 g/mol. The highest BCUT2D eigenvalue weighted by Crippen LogP contribution is 2.32. The van der Waals surface area contributed by atoms with E-state index in [1.165, 1.54) is 25.0 Å². The number of methoxy groups -OCH3 is 1. The first-order valence-electron chi connectivity index (χ1n) is 9.49. The van der Waals surface area contributed by atoms with Gasteiger partial charge in [0.1, 0.15) is 17.6 Å². The van der Waals surface area contributed by atoms with Crippen LogP contribution in [0.1, 0.15) is 35.3 Å². The van der Waals surface area contributed by atoms with Crippen LogP contribution >= 0.6 is 0 Å². The number of imide groups is 1. The molecule has 1 saturated heterocycles. The van der Waals surface area contributed by atoms with E-state index in [0.29, 0.717) is 28.1 Å². The Labute approximate surface area is 177 Å². The van der Waals surface area contributed by atoms with E-state index in [4.69, 9.17) is 4.74 Å². The second kappa shape index (κ2) is 7.63. The molecule has 4 rings (SSSR count). The van der Waals surface area contributed by atoms with Crippen LogP contribution in [0.4, 0.5) is 4.79 Å². The number of nitrogens with zero attached hydrogens (tertiary/aromatic N) is 5. The lowest BCUT2D eigenvalue weighted by molar-refractivity contribution is -0.131. The van der Waals surface area contributed by atoms with Crippen LogP contribution in [0.15, 0.2) is 48.8 Å². The average molecular weight is 420 g/mol. The van der Waals surface area contributed by atoms with Gasteiger partial charge in [-0.3, -0.25) is 14.5 Å². The maximum absolute atomic E-state index is 13.3. The van der Waals surface area contributed by atoms with Crippen molar-refractivity contribution in [2.24, 2.45) is 0 Å². The number of rotatable bonds is 6. The maximum atomic E-state index is 13.3. The molecule has 0 saturated carbocycles. The van der Waals surface area contributed by atoms with Crippen molar-refractivity contribution in [3.05, 3.63) is 65.5 Å².